The molecule has 1 aromatic heterocycles. The highest BCUT2D eigenvalue weighted by Gasteiger charge is 2.37. The smallest absolute Gasteiger partial charge is 0.105 e. The molecule has 0 amide bonds. The van der Waals surface area contributed by atoms with Crippen LogP contribution >= 0.6 is 11.8 Å². The fourth-order valence-electron chi connectivity index (χ4n) is 2.16. The lowest BCUT2D eigenvalue weighted by Gasteiger charge is -2.32. The van der Waals surface area contributed by atoms with Crippen molar-refractivity contribution in [1.82, 2.24) is 5.43 Å². The first-order valence-corrected chi connectivity index (χ1v) is 6.35. The van der Waals surface area contributed by atoms with Crippen LogP contribution in [-0.2, 0) is 6.42 Å². The van der Waals surface area contributed by atoms with Crippen molar-refractivity contribution in [3.8, 4) is 0 Å². The Labute approximate surface area is 94.8 Å². The van der Waals surface area contributed by atoms with E-state index in [1.54, 1.807) is 6.26 Å². The van der Waals surface area contributed by atoms with Crippen LogP contribution in [0, 0.1) is 0 Å². The fraction of sp³-hybridized carbons (Fsp3) is 0.636. The Hall–Kier alpha value is -0.450. The number of nitrogens with two attached hydrogens (primary N) is 1. The summed E-state index contributed by atoms with van der Waals surface area (Å²) >= 11 is 2.02. The van der Waals surface area contributed by atoms with Crippen molar-refractivity contribution in [2.24, 2.45) is 5.84 Å². The van der Waals surface area contributed by atoms with E-state index in [1.807, 2.05) is 23.9 Å². The largest absolute Gasteiger partial charge is 0.469 e. The molecule has 0 aromatic carbocycles. The lowest BCUT2D eigenvalue weighted by molar-refractivity contribution is 0.375. The van der Waals surface area contributed by atoms with Gasteiger partial charge in [0, 0.05) is 17.2 Å². The van der Waals surface area contributed by atoms with Gasteiger partial charge >= 0.3 is 0 Å². The second kappa shape index (κ2) is 4.60. The number of hydrogen-bond donors (Lipinski definition) is 2. The van der Waals surface area contributed by atoms with Crippen molar-refractivity contribution in [2.75, 3.05) is 5.75 Å². The van der Waals surface area contributed by atoms with Crippen LogP contribution < -0.4 is 11.3 Å². The van der Waals surface area contributed by atoms with E-state index in [-0.39, 0.29) is 10.8 Å². The SMILES string of the molecule is CC1(C(Cc2ccco2)NN)CCCS1. The van der Waals surface area contributed by atoms with E-state index in [1.165, 1.54) is 18.6 Å². The number of thioether (sulfide) groups is 1. The lowest BCUT2D eigenvalue weighted by atomic mass is 9.93. The Bertz CT molecular complexity index is 294. The third-order valence-electron chi connectivity index (χ3n) is 3.17. The number of hydrazine groups is 1. The van der Waals surface area contributed by atoms with E-state index < -0.39 is 0 Å². The first-order valence-electron chi connectivity index (χ1n) is 5.37. The lowest BCUT2D eigenvalue weighted by Crippen LogP contribution is -2.49. The van der Waals surface area contributed by atoms with Crippen LogP contribution in [0.5, 0.6) is 0 Å². The van der Waals surface area contributed by atoms with E-state index >= 15 is 0 Å². The van der Waals surface area contributed by atoms with E-state index in [4.69, 9.17) is 10.3 Å². The maximum Gasteiger partial charge on any atom is 0.105 e. The van der Waals surface area contributed by atoms with Crippen molar-refractivity contribution in [2.45, 2.75) is 37.0 Å². The third kappa shape index (κ3) is 2.38. The van der Waals surface area contributed by atoms with Crippen molar-refractivity contribution in [3.05, 3.63) is 24.2 Å². The van der Waals surface area contributed by atoms with Crippen molar-refractivity contribution < 1.29 is 4.42 Å². The molecule has 2 unspecified atom stereocenters. The molecule has 1 saturated heterocycles. The highest BCUT2D eigenvalue weighted by Crippen LogP contribution is 2.41. The first kappa shape index (κ1) is 11.0. The second-order valence-corrected chi connectivity index (χ2v) is 5.90. The zero-order chi connectivity index (χ0) is 10.7. The molecule has 3 N–H and O–H groups in total. The van der Waals surface area contributed by atoms with Gasteiger partial charge in [0.05, 0.1) is 6.26 Å². The zero-order valence-electron chi connectivity index (χ0n) is 9.03. The molecule has 2 atom stereocenters. The Balaban J connectivity index is 2.03. The van der Waals surface area contributed by atoms with Gasteiger partial charge in [0.25, 0.3) is 0 Å². The summed E-state index contributed by atoms with van der Waals surface area (Å²) in [7, 11) is 0. The van der Waals surface area contributed by atoms with Gasteiger partial charge in [-0.15, -0.1) is 0 Å². The zero-order valence-corrected chi connectivity index (χ0v) is 9.85. The number of rotatable bonds is 4. The second-order valence-electron chi connectivity index (χ2n) is 4.27. The van der Waals surface area contributed by atoms with Crippen LogP contribution in [0.1, 0.15) is 25.5 Å². The van der Waals surface area contributed by atoms with Crippen LogP contribution in [0.3, 0.4) is 0 Å². The average Bonchev–Trinajstić information content (AvgIpc) is 2.85. The van der Waals surface area contributed by atoms with Crippen molar-refractivity contribution >= 4 is 11.8 Å². The van der Waals surface area contributed by atoms with Gasteiger partial charge in [-0.25, -0.2) is 0 Å². The summed E-state index contributed by atoms with van der Waals surface area (Å²) in [5, 5.41) is 0. The first-order chi connectivity index (χ1) is 7.24. The van der Waals surface area contributed by atoms with Gasteiger partial charge in [0.15, 0.2) is 0 Å². The minimum Gasteiger partial charge on any atom is -0.469 e. The Morgan fingerprint density at radius 2 is 2.60 bits per heavy atom. The van der Waals surface area contributed by atoms with Gasteiger partial charge in [-0.2, -0.15) is 11.8 Å². The Morgan fingerprint density at radius 1 is 1.73 bits per heavy atom. The molecule has 4 heteroatoms. The maximum atomic E-state index is 5.65. The summed E-state index contributed by atoms with van der Waals surface area (Å²) in [5.74, 6) is 7.90. The van der Waals surface area contributed by atoms with Crippen LogP contribution in [-0.4, -0.2) is 16.5 Å². The summed E-state index contributed by atoms with van der Waals surface area (Å²) in [6, 6.07) is 4.22. The molecule has 0 spiro atoms. The van der Waals surface area contributed by atoms with Crippen LogP contribution in [0.15, 0.2) is 22.8 Å². The molecular weight excluding hydrogens is 208 g/mol. The minimum atomic E-state index is 0.252. The summed E-state index contributed by atoms with van der Waals surface area (Å²) in [6.07, 6.45) is 5.10. The molecule has 3 nitrogen and oxygen atoms in total. The molecule has 1 aliphatic heterocycles. The van der Waals surface area contributed by atoms with Crippen molar-refractivity contribution in [1.29, 1.82) is 0 Å². The Morgan fingerprint density at radius 3 is 3.13 bits per heavy atom. The fourth-order valence-corrected chi connectivity index (χ4v) is 3.55. The predicted octanol–water partition coefficient (Wildman–Crippen LogP) is 1.94. The monoisotopic (exact) mass is 226 g/mol. The van der Waals surface area contributed by atoms with E-state index in [2.05, 4.69) is 12.3 Å². The van der Waals surface area contributed by atoms with Crippen molar-refractivity contribution in [3.63, 3.8) is 0 Å². The normalized spacial score (nSPS) is 28.1. The highest BCUT2D eigenvalue weighted by molar-refractivity contribution is 8.00. The van der Waals surface area contributed by atoms with Crippen LogP contribution in [0.4, 0.5) is 0 Å². The highest BCUT2D eigenvalue weighted by atomic mass is 32.2. The molecular formula is C11H18N2OS. The quantitative estimate of drug-likeness (QED) is 0.608. The molecule has 1 aliphatic rings. The molecule has 2 heterocycles. The average molecular weight is 226 g/mol. The molecule has 15 heavy (non-hydrogen) atoms. The van der Waals surface area contributed by atoms with Gasteiger partial charge in [0.2, 0.25) is 0 Å². The summed E-state index contributed by atoms with van der Waals surface area (Å²) in [4.78, 5) is 0. The van der Waals surface area contributed by atoms with Gasteiger partial charge < -0.3 is 4.42 Å². The summed E-state index contributed by atoms with van der Waals surface area (Å²) in [6.45, 7) is 2.29. The molecule has 84 valence electrons. The predicted molar refractivity (Wildman–Crippen MR) is 63.6 cm³/mol. The molecule has 0 saturated carbocycles. The van der Waals surface area contributed by atoms with E-state index in [0.717, 1.165) is 12.2 Å². The van der Waals surface area contributed by atoms with Crippen LogP contribution in [0.25, 0.3) is 0 Å². The molecule has 1 fully saturated rings. The number of hydrogen-bond acceptors (Lipinski definition) is 4. The number of furan rings is 1. The summed E-state index contributed by atoms with van der Waals surface area (Å²) in [5.41, 5.74) is 2.94. The topological polar surface area (TPSA) is 51.2 Å². The molecule has 0 bridgehead atoms. The van der Waals surface area contributed by atoms with Gasteiger partial charge in [0.1, 0.15) is 5.76 Å². The summed E-state index contributed by atoms with van der Waals surface area (Å²) < 4.78 is 5.62. The van der Waals surface area contributed by atoms with Crippen LogP contribution in [0.2, 0.25) is 0 Å². The van der Waals surface area contributed by atoms with E-state index in [9.17, 15) is 0 Å². The van der Waals surface area contributed by atoms with Gasteiger partial charge in [-0.1, -0.05) is 0 Å². The molecule has 0 radical (unpaired) electrons. The standard InChI is InChI=1S/C11H18N2OS/c1-11(5-3-7-15-11)10(13-12)8-9-4-2-6-14-9/h2,4,6,10,13H,3,5,7-8,12H2,1H3. The minimum absolute atomic E-state index is 0.252. The molecule has 2 rings (SSSR count). The third-order valence-corrected chi connectivity index (χ3v) is 4.81. The van der Waals surface area contributed by atoms with E-state index in [0.29, 0.717) is 0 Å². The molecule has 0 aliphatic carbocycles. The Kier molecular flexibility index (Phi) is 3.38. The number of nitrogens with one attached hydrogen (secondary N) is 1. The molecule has 1 aromatic rings. The maximum absolute atomic E-state index is 5.65. The van der Waals surface area contributed by atoms with Gasteiger partial charge in [-0.3, -0.25) is 11.3 Å². The van der Waals surface area contributed by atoms with Gasteiger partial charge in [-0.05, 0) is 37.7 Å².